The summed E-state index contributed by atoms with van der Waals surface area (Å²) in [6.45, 7) is 2.47. The van der Waals surface area contributed by atoms with Crippen molar-refractivity contribution < 1.29 is 14.3 Å². The first kappa shape index (κ1) is 23.5. The lowest BCUT2D eigenvalue weighted by Gasteiger charge is -2.24. The van der Waals surface area contributed by atoms with E-state index >= 15 is 0 Å². The van der Waals surface area contributed by atoms with Gasteiger partial charge >= 0.3 is 0 Å². The highest BCUT2D eigenvalue weighted by atomic mass is 127. The molecule has 0 saturated carbocycles. The van der Waals surface area contributed by atoms with Crippen LogP contribution in [0.2, 0.25) is 4.34 Å². The van der Waals surface area contributed by atoms with Gasteiger partial charge in [-0.05, 0) is 43.5 Å². The molecule has 9 heteroatoms. The minimum absolute atomic E-state index is 0. The van der Waals surface area contributed by atoms with E-state index in [2.05, 4.69) is 15.6 Å². The third-order valence-corrected chi connectivity index (χ3v) is 5.69. The number of furan rings is 1. The van der Waals surface area contributed by atoms with Crippen LogP contribution in [0.1, 0.15) is 36.0 Å². The van der Waals surface area contributed by atoms with Crippen molar-refractivity contribution in [1.82, 2.24) is 10.6 Å². The predicted molar refractivity (Wildman–Crippen MR) is 124 cm³/mol. The Balaban J connectivity index is 0.00000280. The maximum Gasteiger partial charge on any atom is 0.191 e. The van der Waals surface area contributed by atoms with E-state index in [1.807, 2.05) is 18.2 Å². The van der Waals surface area contributed by atoms with E-state index in [1.54, 1.807) is 12.3 Å². The molecular formula is C19H27ClIN3O3S. The Labute approximate surface area is 191 Å². The molecule has 1 saturated heterocycles. The number of ether oxygens (including phenoxy) is 1. The fraction of sp³-hybridized carbons (Fsp3) is 0.526. The molecular weight excluding hydrogens is 513 g/mol. The Morgan fingerprint density at radius 2 is 2.21 bits per heavy atom. The van der Waals surface area contributed by atoms with Crippen LogP contribution in [-0.2, 0) is 11.2 Å². The van der Waals surface area contributed by atoms with Crippen molar-refractivity contribution in [3.05, 3.63) is 45.5 Å². The van der Waals surface area contributed by atoms with E-state index < -0.39 is 6.10 Å². The molecule has 0 aliphatic carbocycles. The van der Waals surface area contributed by atoms with Crippen LogP contribution in [0.15, 0.2) is 39.9 Å². The normalized spacial score (nSPS) is 18.4. The maximum atomic E-state index is 10.3. The van der Waals surface area contributed by atoms with Crippen molar-refractivity contribution in [2.24, 2.45) is 4.99 Å². The smallest absolute Gasteiger partial charge is 0.191 e. The van der Waals surface area contributed by atoms with Gasteiger partial charge in [-0.15, -0.1) is 35.3 Å². The Morgan fingerprint density at radius 3 is 2.89 bits per heavy atom. The number of thiophene rings is 1. The maximum absolute atomic E-state index is 10.3. The first-order chi connectivity index (χ1) is 13.2. The first-order valence-corrected chi connectivity index (χ1v) is 10.5. The molecule has 1 aliphatic heterocycles. The summed E-state index contributed by atoms with van der Waals surface area (Å²) < 4.78 is 11.8. The van der Waals surface area contributed by atoms with E-state index in [-0.39, 0.29) is 36.6 Å². The Hall–Kier alpha value is -0.810. The average Bonchev–Trinajstić information content (AvgIpc) is 3.36. The monoisotopic (exact) mass is 539 g/mol. The largest absolute Gasteiger partial charge is 0.469 e. The summed E-state index contributed by atoms with van der Waals surface area (Å²) in [5.41, 5.74) is 0. The molecule has 0 spiro atoms. The lowest BCUT2D eigenvalue weighted by atomic mass is 10.1. The van der Waals surface area contributed by atoms with Crippen molar-refractivity contribution in [3.63, 3.8) is 0 Å². The molecule has 1 aliphatic rings. The van der Waals surface area contributed by atoms with Gasteiger partial charge in [0.1, 0.15) is 11.9 Å². The SMILES string of the molecule is I.OC(CN=C(NCCc1ccco1)NCC1CCCCO1)c1ccc(Cl)s1. The van der Waals surface area contributed by atoms with Crippen LogP contribution in [0.3, 0.4) is 0 Å². The first-order valence-electron chi connectivity index (χ1n) is 9.30. The van der Waals surface area contributed by atoms with Gasteiger partial charge in [0.15, 0.2) is 5.96 Å². The zero-order valence-corrected chi connectivity index (χ0v) is 19.5. The molecule has 1 fully saturated rings. The molecule has 2 aromatic rings. The standard InChI is InChI=1S/C19H26ClN3O3S.HI/c20-18-7-6-17(27-18)16(24)13-23-19(21-9-8-14-5-3-11-25-14)22-12-15-4-1-2-10-26-15;/h3,5-7,11,15-16,24H,1-2,4,8-10,12-13H2,(H2,21,22,23);1H. The Kier molecular flexibility index (Phi) is 10.6. The van der Waals surface area contributed by atoms with Crippen LogP contribution in [0, 0.1) is 0 Å². The second kappa shape index (κ2) is 12.7. The fourth-order valence-electron chi connectivity index (χ4n) is 2.89. The highest BCUT2D eigenvalue weighted by molar-refractivity contribution is 14.0. The lowest BCUT2D eigenvalue weighted by molar-refractivity contribution is 0.0194. The summed E-state index contributed by atoms with van der Waals surface area (Å²) in [5.74, 6) is 1.59. The number of guanidine groups is 1. The molecule has 0 amide bonds. The summed E-state index contributed by atoms with van der Waals surface area (Å²) >= 11 is 7.32. The van der Waals surface area contributed by atoms with Crippen LogP contribution in [-0.4, -0.2) is 43.4 Å². The number of nitrogens with zero attached hydrogens (tertiary/aromatic N) is 1. The Morgan fingerprint density at radius 1 is 1.32 bits per heavy atom. The molecule has 0 bridgehead atoms. The second-order valence-electron chi connectivity index (χ2n) is 6.47. The van der Waals surface area contributed by atoms with Gasteiger partial charge in [0.25, 0.3) is 0 Å². The minimum Gasteiger partial charge on any atom is -0.469 e. The molecule has 156 valence electrons. The van der Waals surface area contributed by atoms with Crippen LogP contribution < -0.4 is 10.6 Å². The number of hydrogen-bond donors (Lipinski definition) is 3. The molecule has 3 N–H and O–H groups in total. The fourth-order valence-corrected chi connectivity index (χ4v) is 3.93. The molecule has 28 heavy (non-hydrogen) atoms. The second-order valence-corrected chi connectivity index (χ2v) is 8.22. The number of halogens is 2. The van der Waals surface area contributed by atoms with Gasteiger partial charge in [-0.1, -0.05) is 11.6 Å². The molecule has 2 aromatic heterocycles. The highest BCUT2D eigenvalue weighted by Crippen LogP contribution is 2.26. The van der Waals surface area contributed by atoms with Gasteiger partial charge in [-0.2, -0.15) is 0 Å². The number of aliphatic hydroxyl groups is 1. The molecule has 2 unspecified atom stereocenters. The van der Waals surface area contributed by atoms with Crippen LogP contribution in [0.25, 0.3) is 0 Å². The van der Waals surface area contributed by atoms with E-state index in [9.17, 15) is 5.11 Å². The van der Waals surface area contributed by atoms with Gasteiger partial charge in [0.05, 0.1) is 23.2 Å². The van der Waals surface area contributed by atoms with E-state index in [0.29, 0.717) is 23.4 Å². The van der Waals surface area contributed by atoms with Crippen LogP contribution in [0.5, 0.6) is 0 Å². The number of nitrogens with one attached hydrogen (secondary N) is 2. The van der Waals surface area contributed by atoms with E-state index in [4.69, 9.17) is 20.8 Å². The molecule has 2 atom stereocenters. The van der Waals surface area contributed by atoms with Crippen molar-refractivity contribution >= 4 is 52.9 Å². The summed E-state index contributed by atoms with van der Waals surface area (Å²) in [6.07, 6.45) is 5.36. The van der Waals surface area contributed by atoms with Crippen molar-refractivity contribution in [2.45, 2.75) is 37.9 Å². The Bertz CT molecular complexity index is 705. The van der Waals surface area contributed by atoms with Gasteiger partial charge < -0.3 is 24.9 Å². The minimum atomic E-state index is -0.669. The van der Waals surface area contributed by atoms with Gasteiger partial charge in [0, 0.05) is 31.0 Å². The van der Waals surface area contributed by atoms with Crippen molar-refractivity contribution in [2.75, 3.05) is 26.2 Å². The highest BCUT2D eigenvalue weighted by Gasteiger charge is 2.15. The topological polar surface area (TPSA) is 79.0 Å². The van der Waals surface area contributed by atoms with E-state index in [1.165, 1.54) is 17.8 Å². The number of rotatable bonds is 8. The lowest BCUT2D eigenvalue weighted by Crippen LogP contribution is -2.43. The van der Waals surface area contributed by atoms with E-state index in [0.717, 1.165) is 36.5 Å². The van der Waals surface area contributed by atoms with Gasteiger partial charge in [-0.25, -0.2) is 0 Å². The van der Waals surface area contributed by atoms with Crippen molar-refractivity contribution in [3.8, 4) is 0 Å². The third kappa shape index (κ3) is 7.90. The quantitative estimate of drug-likeness (QED) is 0.269. The predicted octanol–water partition coefficient (Wildman–Crippen LogP) is 3.99. The summed E-state index contributed by atoms with van der Waals surface area (Å²) in [7, 11) is 0. The van der Waals surface area contributed by atoms with Crippen molar-refractivity contribution in [1.29, 1.82) is 0 Å². The molecule has 6 nitrogen and oxygen atoms in total. The molecule has 0 radical (unpaired) electrons. The molecule has 3 heterocycles. The average molecular weight is 540 g/mol. The summed E-state index contributed by atoms with van der Waals surface area (Å²) in [6, 6.07) is 7.45. The van der Waals surface area contributed by atoms with Crippen LogP contribution in [0.4, 0.5) is 0 Å². The molecule has 3 rings (SSSR count). The van der Waals surface area contributed by atoms with Gasteiger partial charge in [0.2, 0.25) is 0 Å². The number of aliphatic imine (C=N–C) groups is 1. The summed E-state index contributed by atoms with van der Waals surface area (Å²) in [4.78, 5) is 5.35. The third-order valence-electron chi connectivity index (χ3n) is 4.36. The zero-order chi connectivity index (χ0) is 18.9. The molecule has 0 aromatic carbocycles. The zero-order valence-electron chi connectivity index (χ0n) is 15.6. The summed E-state index contributed by atoms with van der Waals surface area (Å²) in [5, 5.41) is 17.0. The van der Waals surface area contributed by atoms with Crippen LogP contribution >= 0.6 is 46.9 Å². The number of aliphatic hydroxyl groups excluding tert-OH is 1. The van der Waals surface area contributed by atoms with Gasteiger partial charge in [-0.3, -0.25) is 4.99 Å². The number of hydrogen-bond acceptors (Lipinski definition) is 5.